The van der Waals surface area contributed by atoms with Gasteiger partial charge in [0, 0.05) is 0 Å². The molecule has 0 fully saturated rings. The van der Waals surface area contributed by atoms with Crippen molar-refractivity contribution in [1.29, 1.82) is 0 Å². The third-order valence-corrected chi connectivity index (χ3v) is 15.4. The van der Waals surface area contributed by atoms with Gasteiger partial charge in [-0.05, 0) is 0 Å². The van der Waals surface area contributed by atoms with Gasteiger partial charge in [-0.2, -0.15) is 0 Å². The summed E-state index contributed by atoms with van der Waals surface area (Å²) in [6.07, 6.45) is 9.81. The number of pyridine rings is 1. The summed E-state index contributed by atoms with van der Waals surface area (Å²) < 4.78 is 7.92. The van der Waals surface area contributed by atoms with Gasteiger partial charge in [-0.1, -0.05) is 0 Å². The molecular formula is C12H19NScSi-2. The van der Waals surface area contributed by atoms with Gasteiger partial charge >= 0.3 is 94.2 Å². The quantitative estimate of drug-likeness (QED) is 0.733. The fourth-order valence-corrected chi connectivity index (χ4v) is 9.65. The van der Waals surface area contributed by atoms with Crippen molar-refractivity contribution >= 4 is 10.4 Å². The number of rotatable bonds is 2. The monoisotopic (exact) mass is 250 g/mol. The second kappa shape index (κ2) is 3.63. The zero-order chi connectivity index (χ0) is 11.0. The van der Waals surface area contributed by atoms with Gasteiger partial charge in [-0.3, -0.25) is 0 Å². The summed E-state index contributed by atoms with van der Waals surface area (Å²) in [7, 11) is 0. The Bertz CT molecular complexity index is 502. The number of hydrogen-bond acceptors (Lipinski definition) is 1. The van der Waals surface area contributed by atoms with Gasteiger partial charge in [0.05, 0.1) is 0 Å². The average molecular weight is 250 g/mol. The van der Waals surface area contributed by atoms with E-state index in [1.807, 2.05) is 12.3 Å². The molecule has 0 saturated heterocycles. The molecule has 1 aromatic rings. The standard InChI is InChI=1S/C5H4N.C5H5.2CH3.Sc.H2Si.2H/c1-2-4-6-5-3-1;1-2-4-5-3-1;;;;;;/h1-4H;1-3H,4H2;2*1H3;;1H2;;/q;;;;;;2*-1. The number of allylic oxidation sites excluding steroid dienone is 4. The second-order valence-corrected chi connectivity index (χ2v) is 27.6. The van der Waals surface area contributed by atoms with E-state index in [4.69, 9.17) is 0 Å². The van der Waals surface area contributed by atoms with Gasteiger partial charge in [0.25, 0.3) is 0 Å². The van der Waals surface area contributed by atoms with E-state index in [-0.39, 0.29) is 2.85 Å². The fourth-order valence-electron chi connectivity index (χ4n) is 2.26. The Kier molecular flexibility index (Phi) is 2.71. The van der Waals surface area contributed by atoms with E-state index in [1.165, 1.54) is 3.45 Å². The van der Waals surface area contributed by atoms with Crippen molar-refractivity contribution in [1.82, 2.24) is 4.98 Å². The maximum atomic E-state index is 4.60. The van der Waals surface area contributed by atoms with Crippen molar-refractivity contribution in [2.24, 2.45) is 0 Å². The first-order valence-corrected chi connectivity index (χ1v) is 15.7. The molecule has 0 unspecified atom stereocenters. The van der Waals surface area contributed by atoms with E-state index in [0.717, 1.165) is 6.42 Å². The van der Waals surface area contributed by atoms with Crippen LogP contribution in [0.25, 0.3) is 0 Å². The molecule has 0 aromatic carbocycles. The zero-order valence-electron chi connectivity index (χ0n) is 11.5. The van der Waals surface area contributed by atoms with Crippen molar-refractivity contribution in [3.05, 3.63) is 46.0 Å². The van der Waals surface area contributed by atoms with Crippen LogP contribution in [0.5, 0.6) is 0 Å². The Morgan fingerprint density at radius 1 is 1.40 bits per heavy atom. The summed E-state index contributed by atoms with van der Waals surface area (Å²) in [4.78, 5) is 4.60. The molecule has 0 saturated carbocycles. The van der Waals surface area contributed by atoms with Crippen LogP contribution in [0.3, 0.4) is 0 Å². The maximum absolute atomic E-state index is 4.60. The van der Waals surface area contributed by atoms with Crippen molar-refractivity contribution in [3.8, 4) is 0 Å². The summed E-state index contributed by atoms with van der Waals surface area (Å²) >= 11 is -2.79. The Hall–Kier alpha value is -0.283. The van der Waals surface area contributed by atoms with Crippen LogP contribution in [0, 0.1) is 0 Å². The largest absolute Gasteiger partial charge is 1.00 e. The van der Waals surface area contributed by atoms with Gasteiger partial charge in [-0.15, -0.1) is 0 Å². The van der Waals surface area contributed by atoms with E-state index in [2.05, 4.69) is 51.6 Å². The van der Waals surface area contributed by atoms with Crippen molar-refractivity contribution in [3.63, 3.8) is 0 Å². The summed E-state index contributed by atoms with van der Waals surface area (Å²) in [6.45, 7) is 2.22. The third-order valence-electron chi connectivity index (χ3n) is 3.63. The number of hydrogen-bond donors (Lipinski definition) is 0. The molecule has 1 aromatic heterocycles. The van der Waals surface area contributed by atoms with Crippen LogP contribution in [-0.4, -0.2) is 11.9 Å². The molecule has 0 atom stereocenters. The van der Waals surface area contributed by atoms with Crippen LogP contribution in [0.4, 0.5) is 0 Å². The molecule has 1 aliphatic rings. The average Bonchev–Trinajstić information content (AvgIpc) is 2.72. The van der Waals surface area contributed by atoms with Gasteiger partial charge < -0.3 is 2.85 Å². The minimum atomic E-state index is -2.79. The van der Waals surface area contributed by atoms with Gasteiger partial charge in [0.2, 0.25) is 0 Å². The minimum absolute atomic E-state index is 0. The summed E-state index contributed by atoms with van der Waals surface area (Å²) in [5.41, 5.74) is 0. The molecule has 0 amide bonds. The number of aromatic nitrogens is 1. The SMILES string of the molecule is [CH3][Sc]([CH3])(=[SiH2])([C]1=CC=CC1)[c]1ccccn1.[H-].[H-]. The van der Waals surface area contributed by atoms with E-state index in [0.29, 0.717) is 0 Å². The van der Waals surface area contributed by atoms with E-state index < -0.39 is 17.1 Å². The predicted octanol–water partition coefficient (Wildman–Crippen LogP) is 2.11. The summed E-state index contributed by atoms with van der Waals surface area (Å²) in [6, 6.07) is 6.31. The normalized spacial score (nSPS) is 16.6. The Morgan fingerprint density at radius 2 is 2.20 bits per heavy atom. The molecule has 1 nitrogen and oxygen atoms in total. The molecule has 0 radical (unpaired) electrons. The smallest absolute Gasteiger partial charge is 1.00 e. The van der Waals surface area contributed by atoms with E-state index >= 15 is 0 Å². The van der Waals surface area contributed by atoms with Crippen molar-refractivity contribution in [2.45, 2.75) is 15.8 Å². The predicted molar refractivity (Wildman–Crippen MR) is 68.2 cm³/mol. The molecule has 3 heteroatoms. The molecule has 0 spiro atoms. The zero-order valence-corrected chi connectivity index (χ0v) is 12.7. The molecule has 2 rings (SSSR count). The first-order valence-electron chi connectivity index (χ1n) is 5.63. The molecular weight excluding hydrogens is 231 g/mol. The maximum Gasteiger partial charge on any atom is -1.00 e. The molecule has 1 aliphatic carbocycles. The van der Waals surface area contributed by atoms with E-state index in [1.54, 1.807) is 3.33 Å². The first-order chi connectivity index (χ1) is 6.99. The van der Waals surface area contributed by atoms with Crippen molar-refractivity contribution in [2.75, 3.05) is 0 Å². The number of nitrogens with zero attached hydrogens (tertiary/aromatic N) is 1. The minimum Gasteiger partial charge on any atom is -1.00 e. The van der Waals surface area contributed by atoms with Gasteiger partial charge in [-0.25, -0.2) is 0 Å². The third kappa shape index (κ3) is 2.00. The second-order valence-electron chi connectivity index (χ2n) is 5.73. The molecule has 1 heterocycles. The van der Waals surface area contributed by atoms with Crippen LogP contribution in [0.15, 0.2) is 46.0 Å². The van der Waals surface area contributed by atoms with Gasteiger partial charge in [0.1, 0.15) is 0 Å². The van der Waals surface area contributed by atoms with Gasteiger partial charge in [0.15, 0.2) is 0 Å². The summed E-state index contributed by atoms with van der Waals surface area (Å²) in [5.74, 6) is 0. The van der Waals surface area contributed by atoms with Crippen LogP contribution in [-0.2, 0) is 17.1 Å². The molecule has 15 heavy (non-hydrogen) atoms. The molecule has 0 N–H and O–H groups in total. The molecule has 0 aliphatic heterocycles. The van der Waals surface area contributed by atoms with Crippen LogP contribution in [0.1, 0.15) is 9.27 Å². The van der Waals surface area contributed by atoms with E-state index in [9.17, 15) is 0 Å². The van der Waals surface area contributed by atoms with Crippen LogP contribution >= 0.6 is 0 Å². The first kappa shape index (κ1) is 11.2. The summed E-state index contributed by atoms with van der Waals surface area (Å²) in [5, 5.41) is 0. The van der Waals surface area contributed by atoms with Crippen LogP contribution in [0.2, 0.25) is 9.36 Å². The van der Waals surface area contributed by atoms with Crippen LogP contribution < -0.4 is 3.45 Å². The molecule has 0 bridgehead atoms. The Labute approximate surface area is 96.8 Å². The topological polar surface area (TPSA) is 12.9 Å². The van der Waals surface area contributed by atoms with Crippen molar-refractivity contribution < 1.29 is 20.0 Å². The molecule has 81 valence electrons. The Morgan fingerprint density at radius 3 is 2.73 bits per heavy atom. The fraction of sp³-hybridized carbons (Fsp3) is 0.250. The Balaban J connectivity index is 0.00000128.